The quantitative estimate of drug-likeness (QED) is 0.139. The van der Waals surface area contributed by atoms with E-state index in [1.807, 2.05) is 0 Å². The van der Waals surface area contributed by atoms with Gasteiger partial charge < -0.3 is 4.90 Å². The van der Waals surface area contributed by atoms with Crippen molar-refractivity contribution in [2.45, 2.75) is 38.5 Å². The molecule has 348 valence electrons. The van der Waals surface area contributed by atoms with Gasteiger partial charge in [-0.1, -0.05) is 246 Å². The molecule has 0 N–H and O–H groups in total. The van der Waals surface area contributed by atoms with Crippen LogP contribution in [0.1, 0.15) is 49.9 Å². The van der Waals surface area contributed by atoms with Crippen LogP contribution in [0.5, 0.6) is 0 Å². The van der Waals surface area contributed by atoms with Crippen LogP contribution < -0.4 is 4.90 Å². The maximum absolute atomic E-state index is 2.41. The zero-order valence-electron chi connectivity index (χ0n) is 41.8. The molecule has 1 nitrogen and oxygen atoms in total. The van der Waals surface area contributed by atoms with Gasteiger partial charge in [-0.05, 0) is 154 Å². The van der Waals surface area contributed by atoms with Crippen molar-refractivity contribution in [3.05, 3.63) is 283 Å². The number of anilines is 3. The second-order valence-electron chi connectivity index (χ2n) is 20.8. The van der Waals surface area contributed by atoms with Crippen LogP contribution in [-0.4, -0.2) is 0 Å². The molecule has 0 spiro atoms. The summed E-state index contributed by atoms with van der Waals surface area (Å²) in [5.74, 6) is 0. The van der Waals surface area contributed by atoms with Crippen molar-refractivity contribution in [2.75, 3.05) is 4.90 Å². The van der Waals surface area contributed by atoms with E-state index in [1.165, 1.54) is 111 Å². The van der Waals surface area contributed by atoms with Gasteiger partial charge in [0.15, 0.2) is 0 Å². The summed E-state index contributed by atoms with van der Waals surface area (Å²) in [4.78, 5) is 2.39. The monoisotopic (exact) mass is 933 g/mol. The SMILES string of the molecule is CC1(C)c2ccccc2-c2ccc(-c3ccc(N(c4ccc(-c5ccc(-c6ccccc6-c6ccccc6)cc5)cc4)c4ccc(-c5ccccc5-c5cccc6c5C(C)(C)c5ccccc5-6)cc4)cc3)cc21. The second kappa shape index (κ2) is 17.5. The number of nitrogens with zero attached hydrogens (tertiary/aromatic N) is 1. The van der Waals surface area contributed by atoms with Crippen molar-refractivity contribution in [3.8, 4) is 89.0 Å². The number of benzene rings is 11. The lowest BCUT2D eigenvalue weighted by Gasteiger charge is -2.27. The summed E-state index contributed by atoms with van der Waals surface area (Å²) < 4.78 is 0. The fraction of sp³-hybridized carbons (Fsp3) is 0.0833. The lowest BCUT2D eigenvalue weighted by atomic mass is 9.78. The van der Waals surface area contributed by atoms with Gasteiger partial charge in [0.1, 0.15) is 0 Å². The summed E-state index contributed by atoms with van der Waals surface area (Å²) >= 11 is 0. The average molecular weight is 934 g/mol. The molecule has 0 saturated heterocycles. The molecule has 0 amide bonds. The number of hydrogen-bond donors (Lipinski definition) is 0. The minimum Gasteiger partial charge on any atom is -0.311 e. The Balaban J connectivity index is 0.854. The Morgan fingerprint density at radius 1 is 0.219 bits per heavy atom. The zero-order chi connectivity index (χ0) is 49.3. The van der Waals surface area contributed by atoms with Crippen LogP contribution in [0.2, 0.25) is 0 Å². The van der Waals surface area contributed by atoms with E-state index >= 15 is 0 Å². The van der Waals surface area contributed by atoms with Gasteiger partial charge in [0.2, 0.25) is 0 Å². The molecule has 0 fully saturated rings. The minimum atomic E-state index is -0.119. The first-order valence-electron chi connectivity index (χ1n) is 25.7. The Kier molecular flexibility index (Phi) is 10.6. The largest absolute Gasteiger partial charge is 0.311 e. The van der Waals surface area contributed by atoms with Crippen molar-refractivity contribution in [1.29, 1.82) is 0 Å². The molecule has 2 aliphatic rings. The number of rotatable bonds is 9. The third-order valence-electron chi connectivity index (χ3n) is 15.9. The van der Waals surface area contributed by atoms with Crippen molar-refractivity contribution in [2.24, 2.45) is 0 Å². The summed E-state index contributed by atoms with van der Waals surface area (Å²) in [6, 6.07) is 96.3. The Labute approximate surface area is 430 Å². The summed E-state index contributed by atoms with van der Waals surface area (Å²) in [5, 5.41) is 0. The molecule has 0 aromatic heterocycles. The normalized spacial score (nSPS) is 13.4. The summed E-state index contributed by atoms with van der Waals surface area (Å²) in [5.41, 5.74) is 28.7. The smallest absolute Gasteiger partial charge is 0.0462 e. The highest BCUT2D eigenvalue weighted by Crippen LogP contribution is 2.54. The molecule has 73 heavy (non-hydrogen) atoms. The molecule has 0 atom stereocenters. The van der Waals surface area contributed by atoms with Crippen LogP contribution in [0.4, 0.5) is 17.1 Å². The molecule has 0 aliphatic heterocycles. The van der Waals surface area contributed by atoms with Gasteiger partial charge in [-0.3, -0.25) is 0 Å². The van der Waals surface area contributed by atoms with E-state index in [2.05, 4.69) is 293 Å². The predicted molar refractivity (Wildman–Crippen MR) is 309 cm³/mol. The molecule has 0 heterocycles. The molecular weight excluding hydrogens is 879 g/mol. The molecule has 1 heteroatoms. The molecule has 11 aromatic carbocycles. The topological polar surface area (TPSA) is 3.24 Å². The van der Waals surface area contributed by atoms with Gasteiger partial charge in [0.05, 0.1) is 0 Å². The predicted octanol–water partition coefficient (Wildman–Crippen LogP) is 19.8. The fourth-order valence-electron chi connectivity index (χ4n) is 12.2. The lowest BCUT2D eigenvalue weighted by molar-refractivity contribution is 0.660. The minimum absolute atomic E-state index is 0.0586. The summed E-state index contributed by atoms with van der Waals surface area (Å²) in [6.45, 7) is 9.46. The first kappa shape index (κ1) is 44.2. The standard InChI is InChI=1S/C72H55N/c1-71(2)67-27-14-12-23-62(67)64-46-39-54(47-69(64)71)50-35-42-56(43-36-50)73(55-40-33-49(34-41-55)48-29-31-52(32-30-48)59-20-9-8-19-58(59)51-17-6-5-7-18-51)57-44-37-53(38-45-57)60-21-10-11-22-61(60)65-25-16-26-66-63-24-13-15-28-68(63)72(3,4)70(65)66/h5-47H,1-4H3. The lowest BCUT2D eigenvalue weighted by Crippen LogP contribution is -2.16. The van der Waals surface area contributed by atoms with E-state index < -0.39 is 0 Å². The van der Waals surface area contributed by atoms with Crippen LogP contribution in [0.3, 0.4) is 0 Å². The van der Waals surface area contributed by atoms with Crippen LogP contribution in [-0.2, 0) is 10.8 Å². The van der Waals surface area contributed by atoms with Crippen molar-refractivity contribution >= 4 is 17.1 Å². The molecule has 0 radical (unpaired) electrons. The van der Waals surface area contributed by atoms with Gasteiger partial charge in [-0.2, -0.15) is 0 Å². The number of hydrogen-bond acceptors (Lipinski definition) is 1. The molecular formula is C72H55N. The average Bonchev–Trinajstić information content (AvgIpc) is 3.83. The Morgan fingerprint density at radius 3 is 1.10 bits per heavy atom. The fourth-order valence-corrected chi connectivity index (χ4v) is 12.2. The van der Waals surface area contributed by atoms with Crippen LogP contribution in [0.15, 0.2) is 261 Å². The molecule has 0 bridgehead atoms. The van der Waals surface area contributed by atoms with E-state index in [-0.39, 0.29) is 10.8 Å². The molecule has 11 aromatic rings. The maximum Gasteiger partial charge on any atom is 0.0462 e. The Morgan fingerprint density at radius 2 is 0.548 bits per heavy atom. The number of fused-ring (bicyclic) bond motifs is 6. The third kappa shape index (κ3) is 7.46. The maximum atomic E-state index is 2.41. The molecule has 2 aliphatic carbocycles. The first-order chi connectivity index (χ1) is 35.7. The van der Waals surface area contributed by atoms with Gasteiger partial charge in [0.25, 0.3) is 0 Å². The van der Waals surface area contributed by atoms with Crippen LogP contribution >= 0.6 is 0 Å². The van der Waals surface area contributed by atoms with E-state index in [9.17, 15) is 0 Å². The van der Waals surface area contributed by atoms with Gasteiger partial charge in [-0.25, -0.2) is 0 Å². The Bertz CT molecular complexity index is 3860. The van der Waals surface area contributed by atoms with E-state index in [1.54, 1.807) is 0 Å². The van der Waals surface area contributed by atoms with E-state index in [0.717, 1.165) is 17.1 Å². The first-order valence-corrected chi connectivity index (χ1v) is 25.7. The molecule has 13 rings (SSSR count). The third-order valence-corrected chi connectivity index (χ3v) is 15.9. The van der Waals surface area contributed by atoms with Gasteiger partial charge in [0, 0.05) is 27.9 Å². The summed E-state index contributed by atoms with van der Waals surface area (Å²) in [6.07, 6.45) is 0. The molecule has 0 unspecified atom stereocenters. The van der Waals surface area contributed by atoms with Crippen LogP contribution in [0, 0.1) is 0 Å². The highest BCUT2D eigenvalue weighted by molar-refractivity contribution is 5.94. The highest BCUT2D eigenvalue weighted by atomic mass is 15.1. The molecule has 0 saturated carbocycles. The second-order valence-corrected chi connectivity index (χ2v) is 20.8. The highest BCUT2D eigenvalue weighted by Gasteiger charge is 2.38. The van der Waals surface area contributed by atoms with Crippen molar-refractivity contribution in [1.82, 2.24) is 0 Å². The van der Waals surface area contributed by atoms with E-state index in [0.29, 0.717) is 0 Å². The van der Waals surface area contributed by atoms with Gasteiger partial charge in [-0.15, -0.1) is 0 Å². The van der Waals surface area contributed by atoms with Crippen molar-refractivity contribution < 1.29 is 0 Å². The Hall–Kier alpha value is -8.78. The zero-order valence-corrected chi connectivity index (χ0v) is 41.8. The summed E-state index contributed by atoms with van der Waals surface area (Å²) in [7, 11) is 0. The van der Waals surface area contributed by atoms with E-state index in [4.69, 9.17) is 0 Å². The van der Waals surface area contributed by atoms with Gasteiger partial charge >= 0.3 is 0 Å². The van der Waals surface area contributed by atoms with Crippen LogP contribution in [0.25, 0.3) is 89.0 Å². The van der Waals surface area contributed by atoms with Crippen molar-refractivity contribution in [3.63, 3.8) is 0 Å².